The molecule has 0 amide bonds. The number of rotatable bonds is 13. The van der Waals surface area contributed by atoms with E-state index in [0.29, 0.717) is 31.7 Å². The van der Waals surface area contributed by atoms with Gasteiger partial charge in [0.2, 0.25) is 0 Å². The van der Waals surface area contributed by atoms with Gasteiger partial charge in [-0.15, -0.1) is 0 Å². The molecule has 3 aromatic rings. The minimum atomic E-state index is -1.55. The van der Waals surface area contributed by atoms with Crippen LogP contribution in [0.15, 0.2) is 36.4 Å². The van der Waals surface area contributed by atoms with Crippen LogP contribution in [0.25, 0.3) is 10.9 Å². The molecule has 0 unspecified atom stereocenters. The molecule has 0 radical (unpaired) electrons. The quantitative estimate of drug-likeness (QED) is 0.178. The molecule has 10 heteroatoms. The third kappa shape index (κ3) is 8.20. The number of ether oxygens (including phenoxy) is 2. The third-order valence-corrected chi connectivity index (χ3v) is 8.94. The third-order valence-electron chi connectivity index (χ3n) is 8.94. The molecule has 1 saturated heterocycles. The molecule has 1 aromatic heterocycles. The molecule has 2 aliphatic heterocycles. The Morgan fingerprint density at radius 2 is 1.69 bits per heavy atom. The summed E-state index contributed by atoms with van der Waals surface area (Å²) in [6, 6.07) is 9.44. The average molecular weight is 629 g/mol. The SMILES string of the molecule is CCOC(=O)CCN1CCN(CCCCOc2cc(F)c([C@@H]3c4[nH]c5ccccc5c4C[C@@H](C)N3CC(C)(C)F)c(F)c2)CC1. The summed E-state index contributed by atoms with van der Waals surface area (Å²) >= 11 is 0. The van der Waals surface area contributed by atoms with Gasteiger partial charge in [-0.3, -0.25) is 9.69 Å². The molecule has 5 rings (SSSR count). The molecular weight excluding hydrogens is 581 g/mol. The summed E-state index contributed by atoms with van der Waals surface area (Å²) in [4.78, 5) is 21.6. The molecule has 2 aliphatic rings. The lowest BCUT2D eigenvalue weighted by Gasteiger charge is -2.43. The number of para-hydroxylation sites is 1. The molecule has 0 bridgehead atoms. The van der Waals surface area contributed by atoms with Crippen molar-refractivity contribution < 1.29 is 27.4 Å². The van der Waals surface area contributed by atoms with Crippen LogP contribution in [-0.2, 0) is 16.0 Å². The number of fused-ring (bicyclic) bond motifs is 3. The Hall–Kier alpha value is -3.08. The summed E-state index contributed by atoms with van der Waals surface area (Å²) < 4.78 is 57.6. The highest BCUT2D eigenvalue weighted by atomic mass is 19.1. The number of halogens is 3. The van der Waals surface area contributed by atoms with Crippen molar-refractivity contribution in [3.63, 3.8) is 0 Å². The highest BCUT2D eigenvalue weighted by Crippen LogP contribution is 2.43. The van der Waals surface area contributed by atoms with E-state index in [2.05, 4.69) is 14.8 Å². The van der Waals surface area contributed by atoms with Crippen molar-refractivity contribution in [2.45, 2.75) is 71.1 Å². The van der Waals surface area contributed by atoms with Gasteiger partial charge in [-0.05, 0) is 65.1 Å². The van der Waals surface area contributed by atoms with E-state index in [9.17, 15) is 4.79 Å². The van der Waals surface area contributed by atoms with Crippen molar-refractivity contribution in [2.75, 3.05) is 59.0 Å². The van der Waals surface area contributed by atoms with Gasteiger partial charge in [0.25, 0.3) is 0 Å². The summed E-state index contributed by atoms with van der Waals surface area (Å²) in [7, 11) is 0. The summed E-state index contributed by atoms with van der Waals surface area (Å²) in [5, 5.41) is 1.03. The highest BCUT2D eigenvalue weighted by molar-refractivity contribution is 5.85. The maximum Gasteiger partial charge on any atom is 0.307 e. The Morgan fingerprint density at radius 1 is 1.02 bits per heavy atom. The Bertz CT molecular complexity index is 1420. The number of carbonyl (C=O) groups excluding carboxylic acids is 1. The zero-order valence-corrected chi connectivity index (χ0v) is 27.0. The van der Waals surface area contributed by atoms with Crippen LogP contribution in [0.4, 0.5) is 13.2 Å². The van der Waals surface area contributed by atoms with Crippen molar-refractivity contribution in [3.8, 4) is 5.75 Å². The van der Waals surface area contributed by atoms with Crippen LogP contribution in [0.1, 0.15) is 69.8 Å². The van der Waals surface area contributed by atoms with Crippen molar-refractivity contribution in [3.05, 3.63) is 64.9 Å². The van der Waals surface area contributed by atoms with E-state index in [0.717, 1.165) is 68.6 Å². The second kappa shape index (κ2) is 14.6. The van der Waals surface area contributed by atoms with Crippen molar-refractivity contribution in [1.82, 2.24) is 19.7 Å². The molecule has 246 valence electrons. The van der Waals surface area contributed by atoms with Crippen molar-refractivity contribution in [1.29, 1.82) is 0 Å². The minimum absolute atomic E-state index is 0.0351. The number of aromatic nitrogens is 1. The largest absolute Gasteiger partial charge is 0.493 e. The maximum atomic E-state index is 15.9. The van der Waals surface area contributed by atoms with Crippen LogP contribution < -0.4 is 4.74 Å². The molecule has 0 aliphatic carbocycles. The molecule has 2 aromatic carbocycles. The molecule has 1 fully saturated rings. The van der Waals surface area contributed by atoms with Crippen LogP contribution in [0, 0.1) is 11.6 Å². The average Bonchev–Trinajstić information content (AvgIpc) is 3.35. The van der Waals surface area contributed by atoms with Gasteiger partial charge in [0.1, 0.15) is 23.1 Å². The van der Waals surface area contributed by atoms with Gasteiger partial charge < -0.3 is 24.3 Å². The lowest BCUT2D eigenvalue weighted by Crippen LogP contribution is -2.48. The number of H-pyrrole nitrogens is 1. The van der Waals surface area contributed by atoms with E-state index in [1.54, 1.807) is 0 Å². The number of hydrogen-bond acceptors (Lipinski definition) is 6. The predicted octanol–water partition coefficient (Wildman–Crippen LogP) is 6.26. The van der Waals surface area contributed by atoms with E-state index in [4.69, 9.17) is 9.47 Å². The number of nitrogens with one attached hydrogen (secondary N) is 1. The number of carbonyl (C=O) groups is 1. The fourth-order valence-electron chi connectivity index (χ4n) is 6.75. The Labute approximate surface area is 264 Å². The molecule has 3 heterocycles. The van der Waals surface area contributed by atoms with Crippen LogP contribution >= 0.6 is 0 Å². The van der Waals surface area contributed by atoms with E-state index in [-0.39, 0.29) is 29.9 Å². The topological polar surface area (TPSA) is 61.0 Å². The Kier molecular flexibility index (Phi) is 10.8. The molecule has 0 spiro atoms. The molecule has 45 heavy (non-hydrogen) atoms. The lowest BCUT2D eigenvalue weighted by molar-refractivity contribution is -0.143. The van der Waals surface area contributed by atoms with Crippen LogP contribution in [0.5, 0.6) is 5.75 Å². The molecule has 2 atom stereocenters. The maximum absolute atomic E-state index is 15.9. The number of aromatic amines is 1. The normalized spacial score (nSPS) is 20.0. The molecule has 7 nitrogen and oxygen atoms in total. The first-order chi connectivity index (χ1) is 21.5. The van der Waals surface area contributed by atoms with Crippen molar-refractivity contribution in [2.24, 2.45) is 0 Å². The van der Waals surface area contributed by atoms with Gasteiger partial charge in [0.15, 0.2) is 0 Å². The summed E-state index contributed by atoms with van der Waals surface area (Å²) in [6.07, 6.45) is 2.74. The zero-order valence-electron chi connectivity index (χ0n) is 27.0. The lowest BCUT2D eigenvalue weighted by atomic mass is 9.87. The Morgan fingerprint density at radius 3 is 2.36 bits per heavy atom. The van der Waals surface area contributed by atoms with E-state index in [1.165, 1.54) is 26.0 Å². The highest BCUT2D eigenvalue weighted by Gasteiger charge is 2.41. The number of hydrogen-bond donors (Lipinski definition) is 1. The van der Waals surface area contributed by atoms with Gasteiger partial charge in [0, 0.05) is 79.6 Å². The first-order valence-electron chi connectivity index (χ1n) is 16.3. The fourth-order valence-corrected chi connectivity index (χ4v) is 6.75. The molecule has 1 N–H and O–H groups in total. The van der Waals surface area contributed by atoms with Gasteiger partial charge >= 0.3 is 5.97 Å². The van der Waals surface area contributed by atoms with Crippen LogP contribution in [0.2, 0.25) is 0 Å². The van der Waals surface area contributed by atoms with E-state index in [1.807, 2.05) is 43.0 Å². The van der Waals surface area contributed by atoms with Crippen LogP contribution in [-0.4, -0.2) is 96.4 Å². The van der Waals surface area contributed by atoms with Gasteiger partial charge in [-0.25, -0.2) is 13.2 Å². The summed E-state index contributed by atoms with van der Waals surface area (Å²) in [6.45, 7) is 13.0. The first kappa shape index (κ1) is 33.3. The van der Waals surface area contributed by atoms with Crippen LogP contribution in [0.3, 0.4) is 0 Å². The van der Waals surface area contributed by atoms with Gasteiger partial charge in [-0.2, -0.15) is 0 Å². The van der Waals surface area contributed by atoms with Crippen molar-refractivity contribution >= 4 is 16.9 Å². The Balaban J connectivity index is 1.19. The molecule has 0 saturated carbocycles. The zero-order chi connectivity index (χ0) is 32.1. The monoisotopic (exact) mass is 628 g/mol. The first-order valence-corrected chi connectivity index (χ1v) is 16.3. The van der Waals surface area contributed by atoms with E-state index >= 15 is 13.2 Å². The number of esters is 1. The standard InChI is InChI=1S/C35H47F3N4O3/c1-5-44-31(43)12-14-41-17-15-40(16-18-41)13-8-9-19-45-25-21-28(36)32(29(37)22-25)34-33-27(26-10-6-7-11-30(26)39-33)20-24(2)42(34)23-35(3,4)38/h6-7,10-11,21-22,24,34,39H,5,8-9,12-20,23H2,1-4H3/t24-,34-/m1/s1. The number of unbranched alkanes of at least 4 members (excludes halogenated alkanes) is 1. The van der Waals surface area contributed by atoms with Gasteiger partial charge in [0.05, 0.1) is 25.7 Å². The fraction of sp³-hybridized carbons (Fsp3) is 0.571. The second-order valence-corrected chi connectivity index (χ2v) is 13.0. The number of nitrogens with zero attached hydrogens (tertiary/aromatic N) is 3. The van der Waals surface area contributed by atoms with Gasteiger partial charge in [-0.1, -0.05) is 18.2 Å². The smallest absolute Gasteiger partial charge is 0.307 e. The molecular formula is C35H47F3N4O3. The number of benzene rings is 2. The van der Waals surface area contributed by atoms with E-state index < -0.39 is 23.3 Å². The number of piperazine rings is 1. The minimum Gasteiger partial charge on any atom is -0.493 e. The summed E-state index contributed by atoms with van der Waals surface area (Å²) in [5.41, 5.74) is 0.993. The predicted molar refractivity (Wildman–Crippen MR) is 170 cm³/mol. The number of alkyl halides is 1. The second-order valence-electron chi connectivity index (χ2n) is 13.0. The summed E-state index contributed by atoms with van der Waals surface area (Å²) in [5.74, 6) is -1.39.